The van der Waals surface area contributed by atoms with E-state index in [-0.39, 0.29) is 11.2 Å². The molecule has 4 rings (SSSR count). The van der Waals surface area contributed by atoms with Crippen LogP contribution in [0.1, 0.15) is 57.2 Å². The number of aryl methyl sites for hydroxylation is 1. The summed E-state index contributed by atoms with van der Waals surface area (Å²) in [5.41, 5.74) is 9.35. The Bertz CT molecular complexity index is 1090. The van der Waals surface area contributed by atoms with E-state index in [2.05, 4.69) is 18.4 Å². The fraction of sp³-hybridized carbons (Fsp3) is 0.304. The predicted molar refractivity (Wildman–Crippen MR) is 114 cm³/mol. The molecular weight excluding hydrogens is 384 g/mol. The summed E-state index contributed by atoms with van der Waals surface area (Å²) in [5.74, 6) is 0.250. The third-order valence-corrected chi connectivity index (χ3v) is 6.16. The van der Waals surface area contributed by atoms with Gasteiger partial charge in [-0.15, -0.1) is 11.3 Å². The van der Waals surface area contributed by atoms with Crippen LogP contribution in [0.4, 0.5) is 0 Å². The molecule has 0 atom stereocenters. The highest BCUT2D eigenvalue weighted by atomic mass is 32.1. The molecule has 0 saturated heterocycles. The number of thiophene rings is 1. The van der Waals surface area contributed by atoms with Gasteiger partial charge in [-0.1, -0.05) is 19.9 Å². The first-order valence-corrected chi connectivity index (χ1v) is 10.5. The number of nitrogens with zero attached hydrogens (tertiary/aromatic N) is 1. The van der Waals surface area contributed by atoms with Gasteiger partial charge in [0.25, 0.3) is 0 Å². The number of aromatic nitrogens is 1. The van der Waals surface area contributed by atoms with Gasteiger partial charge in [0.05, 0.1) is 5.69 Å². The van der Waals surface area contributed by atoms with E-state index in [0.29, 0.717) is 24.3 Å². The number of nitrogens with two attached hydrogens (primary N) is 1. The number of carbonyl (C=O) groups is 2. The minimum atomic E-state index is -0.500. The number of rotatable bonds is 5. The summed E-state index contributed by atoms with van der Waals surface area (Å²) in [4.78, 5) is 25.5. The van der Waals surface area contributed by atoms with Crippen molar-refractivity contribution in [3.05, 3.63) is 69.2 Å². The molecule has 1 aromatic carbocycles. The normalized spacial score (nSPS) is 15.2. The van der Waals surface area contributed by atoms with Crippen LogP contribution in [0.25, 0.3) is 5.69 Å². The van der Waals surface area contributed by atoms with E-state index in [0.717, 1.165) is 33.9 Å². The number of ketones is 1. The number of ether oxygens (including phenoxy) is 1. The molecule has 0 unspecified atom stereocenters. The highest BCUT2D eigenvalue weighted by Crippen LogP contribution is 2.39. The minimum absolute atomic E-state index is 0.0994. The second-order valence-electron chi connectivity index (χ2n) is 8.34. The van der Waals surface area contributed by atoms with Crippen LogP contribution in [-0.2, 0) is 13.0 Å². The Morgan fingerprint density at radius 1 is 1.24 bits per heavy atom. The Morgan fingerprint density at radius 3 is 2.72 bits per heavy atom. The van der Waals surface area contributed by atoms with Crippen LogP contribution in [0.5, 0.6) is 5.75 Å². The lowest BCUT2D eigenvalue weighted by Gasteiger charge is -2.30. The Labute approximate surface area is 174 Å². The molecule has 1 aliphatic carbocycles. The monoisotopic (exact) mass is 408 g/mol. The molecule has 5 nitrogen and oxygen atoms in total. The standard InChI is InChI=1S/C23H24N2O3S/c1-14-9-17-19(11-23(2,3)12-20(17)26)25(14)18-7-6-15(22(24)27)10-21(18)28-13-16-5-4-8-29-16/h4-10H,11-13H2,1-3H3,(H2,24,27). The maximum atomic E-state index is 12.7. The number of amides is 1. The number of hydrogen-bond acceptors (Lipinski definition) is 4. The van der Waals surface area contributed by atoms with Crippen LogP contribution < -0.4 is 10.5 Å². The van der Waals surface area contributed by atoms with E-state index in [4.69, 9.17) is 10.5 Å². The van der Waals surface area contributed by atoms with Gasteiger partial charge in [0.2, 0.25) is 5.91 Å². The first-order chi connectivity index (χ1) is 13.7. The van der Waals surface area contributed by atoms with Gasteiger partial charge < -0.3 is 15.0 Å². The zero-order chi connectivity index (χ0) is 20.8. The average molecular weight is 409 g/mol. The van der Waals surface area contributed by atoms with E-state index in [9.17, 15) is 9.59 Å². The molecule has 6 heteroatoms. The number of carbonyl (C=O) groups excluding carboxylic acids is 2. The van der Waals surface area contributed by atoms with E-state index in [1.54, 1.807) is 23.5 Å². The fourth-order valence-corrected chi connectivity index (χ4v) is 4.61. The van der Waals surface area contributed by atoms with E-state index in [1.165, 1.54) is 0 Å². The molecule has 150 valence electrons. The van der Waals surface area contributed by atoms with E-state index in [1.807, 2.05) is 36.6 Å². The first kappa shape index (κ1) is 19.5. The van der Waals surface area contributed by atoms with Crippen LogP contribution in [0.15, 0.2) is 41.8 Å². The Balaban J connectivity index is 1.83. The Hall–Kier alpha value is -2.86. The molecule has 0 saturated carbocycles. The minimum Gasteiger partial charge on any atom is -0.486 e. The van der Waals surface area contributed by atoms with Gasteiger partial charge in [-0.3, -0.25) is 9.59 Å². The van der Waals surface area contributed by atoms with Crippen molar-refractivity contribution in [2.75, 3.05) is 0 Å². The van der Waals surface area contributed by atoms with Gasteiger partial charge in [0.1, 0.15) is 12.4 Å². The highest BCUT2D eigenvalue weighted by Gasteiger charge is 2.34. The SMILES string of the molecule is Cc1cc2c(n1-c1ccc(C(N)=O)cc1OCc1cccs1)CC(C)(C)CC2=O. The molecule has 0 fully saturated rings. The third-order valence-electron chi connectivity index (χ3n) is 5.31. The van der Waals surface area contributed by atoms with Crippen LogP contribution in [0, 0.1) is 12.3 Å². The van der Waals surface area contributed by atoms with Gasteiger partial charge >= 0.3 is 0 Å². The zero-order valence-electron chi connectivity index (χ0n) is 16.8. The second-order valence-corrected chi connectivity index (χ2v) is 9.37. The topological polar surface area (TPSA) is 74.3 Å². The summed E-state index contributed by atoms with van der Waals surface area (Å²) in [6.45, 7) is 6.62. The molecule has 2 N–H and O–H groups in total. The van der Waals surface area contributed by atoms with Crippen LogP contribution in [0.2, 0.25) is 0 Å². The van der Waals surface area contributed by atoms with Crippen LogP contribution >= 0.6 is 11.3 Å². The maximum absolute atomic E-state index is 12.7. The molecule has 29 heavy (non-hydrogen) atoms. The molecule has 1 amide bonds. The molecule has 3 aromatic rings. The number of fused-ring (bicyclic) bond motifs is 1. The molecule has 2 heterocycles. The Kier molecular flexibility index (Phi) is 4.82. The van der Waals surface area contributed by atoms with Crippen molar-refractivity contribution in [3.63, 3.8) is 0 Å². The van der Waals surface area contributed by atoms with Crippen LogP contribution in [0.3, 0.4) is 0 Å². The summed E-state index contributed by atoms with van der Waals surface area (Å²) in [5, 5.41) is 2.00. The van der Waals surface area contributed by atoms with Crippen molar-refractivity contribution in [1.82, 2.24) is 4.57 Å². The van der Waals surface area contributed by atoms with Crippen molar-refractivity contribution in [2.45, 2.75) is 40.2 Å². The lowest BCUT2D eigenvalue weighted by molar-refractivity contribution is 0.0910. The highest BCUT2D eigenvalue weighted by molar-refractivity contribution is 7.09. The molecule has 0 aliphatic heterocycles. The van der Waals surface area contributed by atoms with Gasteiger partial charge in [0, 0.05) is 33.8 Å². The van der Waals surface area contributed by atoms with Crippen molar-refractivity contribution in [1.29, 1.82) is 0 Å². The van der Waals surface area contributed by atoms with Crippen molar-refractivity contribution in [3.8, 4) is 11.4 Å². The van der Waals surface area contributed by atoms with Gasteiger partial charge in [-0.05, 0) is 54.5 Å². The fourth-order valence-electron chi connectivity index (χ4n) is 4.00. The molecule has 1 aliphatic rings. The third kappa shape index (κ3) is 3.72. The number of Topliss-reactive ketones (excluding diaryl/α,β-unsaturated/α-hetero) is 1. The largest absolute Gasteiger partial charge is 0.486 e. The molecule has 0 spiro atoms. The van der Waals surface area contributed by atoms with Gasteiger partial charge in [-0.2, -0.15) is 0 Å². The first-order valence-electron chi connectivity index (χ1n) is 9.59. The smallest absolute Gasteiger partial charge is 0.248 e. The van der Waals surface area contributed by atoms with Crippen molar-refractivity contribution >= 4 is 23.0 Å². The summed E-state index contributed by atoms with van der Waals surface area (Å²) in [7, 11) is 0. The quantitative estimate of drug-likeness (QED) is 0.666. The number of hydrogen-bond donors (Lipinski definition) is 1. The summed E-state index contributed by atoms with van der Waals surface area (Å²) < 4.78 is 8.20. The molecule has 0 bridgehead atoms. The van der Waals surface area contributed by atoms with Gasteiger partial charge in [-0.25, -0.2) is 0 Å². The second kappa shape index (κ2) is 7.19. The summed E-state index contributed by atoms with van der Waals surface area (Å²) in [6.07, 6.45) is 1.34. The number of primary amides is 1. The zero-order valence-corrected chi connectivity index (χ0v) is 17.6. The van der Waals surface area contributed by atoms with Crippen molar-refractivity contribution < 1.29 is 14.3 Å². The predicted octanol–water partition coefficient (Wildman–Crippen LogP) is 4.68. The summed E-state index contributed by atoms with van der Waals surface area (Å²) in [6, 6.07) is 11.2. The average Bonchev–Trinajstić information content (AvgIpc) is 3.26. The molecular formula is C23H24N2O3S. The lowest BCUT2D eigenvalue weighted by Crippen LogP contribution is -2.28. The van der Waals surface area contributed by atoms with Crippen LogP contribution in [-0.4, -0.2) is 16.3 Å². The van der Waals surface area contributed by atoms with E-state index < -0.39 is 5.91 Å². The van der Waals surface area contributed by atoms with E-state index >= 15 is 0 Å². The summed E-state index contributed by atoms with van der Waals surface area (Å²) >= 11 is 1.61. The van der Waals surface area contributed by atoms with Crippen molar-refractivity contribution in [2.24, 2.45) is 11.1 Å². The Morgan fingerprint density at radius 2 is 2.03 bits per heavy atom. The molecule has 2 aromatic heterocycles. The maximum Gasteiger partial charge on any atom is 0.248 e. The number of benzene rings is 1. The lowest BCUT2D eigenvalue weighted by atomic mass is 9.76. The molecule has 0 radical (unpaired) electrons. The van der Waals surface area contributed by atoms with Gasteiger partial charge in [0.15, 0.2) is 5.78 Å².